The van der Waals surface area contributed by atoms with E-state index in [-0.39, 0.29) is 18.8 Å². The molecule has 3 aromatic carbocycles. The molecule has 0 aromatic heterocycles. The monoisotopic (exact) mass is 539 g/mol. The van der Waals surface area contributed by atoms with Crippen molar-refractivity contribution in [2.24, 2.45) is 0 Å². The summed E-state index contributed by atoms with van der Waals surface area (Å²) in [6.07, 6.45) is -0.322. The minimum absolute atomic E-state index is 0.0214. The van der Waals surface area contributed by atoms with Gasteiger partial charge in [0.2, 0.25) is 0 Å². The molecule has 37 heavy (non-hydrogen) atoms. The number of ether oxygens (including phenoxy) is 1. The van der Waals surface area contributed by atoms with Crippen molar-refractivity contribution in [1.29, 1.82) is 0 Å². The highest BCUT2D eigenvalue weighted by atomic mass is 35.5. The second-order valence-electron chi connectivity index (χ2n) is 9.65. The van der Waals surface area contributed by atoms with E-state index in [1.165, 1.54) is 0 Å². The van der Waals surface area contributed by atoms with Crippen LogP contribution in [0.15, 0.2) is 66.7 Å². The molecule has 8 heteroatoms. The largest absolute Gasteiger partial charge is 0.488 e. The maximum absolute atomic E-state index is 11.3. The van der Waals surface area contributed by atoms with Crippen molar-refractivity contribution in [3.63, 3.8) is 0 Å². The molecule has 0 aliphatic carbocycles. The van der Waals surface area contributed by atoms with E-state index in [1.807, 2.05) is 55.5 Å². The summed E-state index contributed by atoms with van der Waals surface area (Å²) in [4.78, 5) is 7.98. The molecule has 4 rings (SSSR count). The quantitative estimate of drug-likeness (QED) is 0.340. The van der Waals surface area contributed by atoms with Crippen molar-refractivity contribution in [1.82, 2.24) is 4.90 Å². The predicted octanol–water partition coefficient (Wildman–Crippen LogP) is 6.07. The van der Waals surface area contributed by atoms with E-state index in [0.29, 0.717) is 41.1 Å². The molecule has 6 nitrogen and oxygen atoms in total. The number of halogens is 2. The van der Waals surface area contributed by atoms with Gasteiger partial charge in [-0.1, -0.05) is 59.6 Å². The van der Waals surface area contributed by atoms with Gasteiger partial charge in [-0.15, -0.1) is 0 Å². The molecule has 1 saturated heterocycles. The van der Waals surface area contributed by atoms with Crippen LogP contribution in [0.5, 0.6) is 5.75 Å². The Morgan fingerprint density at radius 3 is 2.41 bits per heavy atom. The van der Waals surface area contributed by atoms with Crippen molar-refractivity contribution >= 4 is 34.6 Å². The molecule has 0 bridgehead atoms. The number of rotatable bonds is 8. The molecule has 0 saturated carbocycles. The Balaban J connectivity index is 1.58. The highest BCUT2D eigenvalue weighted by Crippen LogP contribution is 2.38. The zero-order valence-corrected chi connectivity index (χ0v) is 22.5. The smallest absolute Gasteiger partial charge is 0.187 e. The van der Waals surface area contributed by atoms with Crippen LogP contribution in [-0.2, 0) is 5.60 Å². The molecule has 0 unspecified atom stereocenters. The minimum atomic E-state index is -1.08. The maximum atomic E-state index is 11.3. The lowest BCUT2D eigenvalue weighted by molar-refractivity contribution is 0.0103. The molecular formula is C29H31Cl2N3O3. The topological polar surface area (TPSA) is 60.5 Å². The van der Waals surface area contributed by atoms with E-state index in [1.54, 1.807) is 25.1 Å². The number of benzene rings is 3. The average Bonchev–Trinajstić information content (AvgIpc) is 2.89. The van der Waals surface area contributed by atoms with Crippen LogP contribution in [-0.4, -0.2) is 54.0 Å². The number of aliphatic hydroxyl groups excluding tert-OH is 1. The van der Waals surface area contributed by atoms with E-state index >= 15 is 0 Å². The SMILES string of the molecule is [C-]#[N+]c1ccc([C@](C)(O)CN2CCN(c3ccc(O[C@H](C)CO)cc3Cl)[C@H](c3ccc(Cl)cc3)C2)cc1. The van der Waals surface area contributed by atoms with Gasteiger partial charge in [0.25, 0.3) is 0 Å². The van der Waals surface area contributed by atoms with Gasteiger partial charge < -0.3 is 19.8 Å². The molecule has 1 aliphatic heterocycles. The molecule has 2 N–H and O–H groups in total. The molecule has 1 fully saturated rings. The summed E-state index contributed by atoms with van der Waals surface area (Å²) in [5.74, 6) is 0.609. The lowest BCUT2D eigenvalue weighted by Gasteiger charge is -2.45. The van der Waals surface area contributed by atoms with Crippen molar-refractivity contribution < 1.29 is 14.9 Å². The molecular weight excluding hydrogens is 509 g/mol. The van der Waals surface area contributed by atoms with E-state index in [2.05, 4.69) is 14.6 Å². The van der Waals surface area contributed by atoms with E-state index < -0.39 is 5.60 Å². The van der Waals surface area contributed by atoms with Gasteiger partial charge in [-0.05, 0) is 49.2 Å². The number of piperazine rings is 1. The number of aliphatic hydroxyl groups is 2. The fourth-order valence-electron chi connectivity index (χ4n) is 4.73. The summed E-state index contributed by atoms with van der Waals surface area (Å²) in [5, 5.41) is 21.9. The van der Waals surface area contributed by atoms with Crippen molar-refractivity contribution in [2.75, 3.05) is 37.7 Å². The van der Waals surface area contributed by atoms with Crippen LogP contribution in [0.1, 0.15) is 31.0 Å². The van der Waals surface area contributed by atoms with E-state index in [9.17, 15) is 10.2 Å². The van der Waals surface area contributed by atoms with Gasteiger partial charge in [-0.25, -0.2) is 4.85 Å². The van der Waals surface area contributed by atoms with Crippen LogP contribution in [0.25, 0.3) is 4.85 Å². The first-order chi connectivity index (χ1) is 17.7. The lowest BCUT2D eigenvalue weighted by Crippen LogP contribution is -2.52. The Bertz CT molecular complexity index is 1240. The fourth-order valence-corrected chi connectivity index (χ4v) is 5.13. The van der Waals surface area contributed by atoms with Gasteiger partial charge in [-0.2, -0.15) is 0 Å². The van der Waals surface area contributed by atoms with Crippen LogP contribution in [0.3, 0.4) is 0 Å². The van der Waals surface area contributed by atoms with E-state index in [4.69, 9.17) is 34.5 Å². The molecule has 0 spiro atoms. The second-order valence-corrected chi connectivity index (χ2v) is 10.5. The molecule has 1 heterocycles. The van der Waals surface area contributed by atoms with Crippen LogP contribution >= 0.6 is 23.2 Å². The summed E-state index contributed by atoms with van der Waals surface area (Å²) in [7, 11) is 0. The Morgan fingerprint density at radius 1 is 1.08 bits per heavy atom. The lowest BCUT2D eigenvalue weighted by atomic mass is 9.93. The second kappa shape index (κ2) is 11.7. The first kappa shape index (κ1) is 27.3. The van der Waals surface area contributed by atoms with Gasteiger partial charge in [0, 0.05) is 37.3 Å². The predicted molar refractivity (Wildman–Crippen MR) is 149 cm³/mol. The van der Waals surface area contributed by atoms with Gasteiger partial charge >= 0.3 is 0 Å². The van der Waals surface area contributed by atoms with Gasteiger partial charge in [-0.3, -0.25) is 4.90 Å². The molecule has 194 valence electrons. The third-order valence-electron chi connectivity index (χ3n) is 6.69. The fraction of sp³-hybridized carbons (Fsp3) is 0.345. The Labute approximate surface area is 228 Å². The third-order valence-corrected chi connectivity index (χ3v) is 7.25. The third kappa shape index (κ3) is 6.56. The first-order valence-electron chi connectivity index (χ1n) is 12.2. The summed E-state index contributed by atoms with van der Waals surface area (Å²) < 4.78 is 5.72. The Morgan fingerprint density at radius 2 is 1.78 bits per heavy atom. The maximum Gasteiger partial charge on any atom is 0.187 e. The zero-order valence-electron chi connectivity index (χ0n) is 20.9. The Hall–Kier alpha value is -2.79. The van der Waals surface area contributed by atoms with Crippen LogP contribution < -0.4 is 9.64 Å². The average molecular weight is 540 g/mol. The van der Waals surface area contributed by atoms with Gasteiger partial charge in [0.15, 0.2) is 5.69 Å². The summed E-state index contributed by atoms with van der Waals surface area (Å²) in [5.41, 5.74) is 2.25. The van der Waals surface area contributed by atoms with Crippen molar-refractivity contribution in [2.45, 2.75) is 31.6 Å². The van der Waals surface area contributed by atoms with E-state index in [0.717, 1.165) is 23.4 Å². The van der Waals surface area contributed by atoms with Crippen LogP contribution in [0.4, 0.5) is 11.4 Å². The molecule has 3 atom stereocenters. The Kier molecular flexibility index (Phi) is 8.63. The highest BCUT2D eigenvalue weighted by molar-refractivity contribution is 6.33. The first-order valence-corrected chi connectivity index (χ1v) is 13.0. The summed E-state index contributed by atoms with van der Waals surface area (Å²) in [6, 6.07) is 20.5. The van der Waals surface area contributed by atoms with Crippen molar-refractivity contribution in [3.8, 4) is 5.75 Å². The zero-order chi connectivity index (χ0) is 26.6. The number of hydrogen-bond donors (Lipinski definition) is 2. The standard InChI is InChI=1S/C29H31Cl2N3O3/c1-20(18-35)37-25-12-13-27(26(31)16-25)34-15-14-33(17-28(34)21-4-8-23(30)9-5-21)19-29(2,36)22-6-10-24(32-3)11-7-22/h4-13,16,20,28,35-36H,14-15,17-19H2,1-2H3/t20-,28+,29-/m1/s1. The summed E-state index contributed by atoms with van der Waals surface area (Å²) in [6.45, 7) is 13.3. The number of hydrogen-bond acceptors (Lipinski definition) is 5. The minimum Gasteiger partial charge on any atom is -0.488 e. The highest BCUT2D eigenvalue weighted by Gasteiger charge is 2.34. The number of nitrogens with zero attached hydrogens (tertiary/aromatic N) is 3. The van der Waals surface area contributed by atoms with Crippen LogP contribution in [0.2, 0.25) is 10.0 Å². The van der Waals surface area contributed by atoms with Crippen molar-refractivity contribution in [3.05, 3.63) is 99.3 Å². The summed E-state index contributed by atoms with van der Waals surface area (Å²) >= 11 is 12.9. The van der Waals surface area contributed by atoms with Gasteiger partial charge in [0.05, 0.1) is 35.5 Å². The number of anilines is 1. The molecule has 0 radical (unpaired) electrons. The molecule has 3 aromatic rings. The molecule has 1 aliphatic rings. The molecule has 0 amide bonds. The normalized spacial score (nSPS) is 18.6. The van der Waals surface area contributed by atoms with Gasteiger partial charge in [0.1, 0.15) is 11.9 Å². The number of β-amino-alcohol motifs (C(OH)–C–C–N with tert-alkyl or cyclic N) is 1. The van der Waals surface area contributed by atoms with Crippen LogP contribution in [0, 0.1) is 6.57 Å².